The van der Waals surface area contributed by atoms with Crippen molar-refractivity contribution in [3.8, 4) is 0 Å². The van der Waals surface area contributed by atoms with Crippen molar-refractivity contribution in [1.29, 1.82) is 0 Å². The van der Waals surface area contributed by atoms with Gasteiger partial charge in [0.05, 0.1) is 0 Å². The summed E-state index contributed by atoms with van der Waals surface area (Å²) in [5, 5.41) is 3.20. The van der Waals surface area contributed by atoms with Gasteiger partial charge in [0.2, 0.25) is 0 Å². The minimum atomic E-state index is -3.27. The Morgan fingerprint density at radius 1 is 1.14 bits per heavy atom. The Balaban J connectivity index is 2.02. The van der Waals surface area contributed by atoms with Crippen molar-refractivity contribution in [2.24, 2.45) is 0 Å². The molecule has 0 saturated carbocycles. The Kier molecular flexibility index (Phi) is 4.96. The molecule has 1 N–H and O–H groups in total. The molecule has 1 heterocycles. The van der Waals surface area contributed by atoms with Crippen LogP contribution < -0.4 is 5.32 Å². The first-order valence-corrected chi connectivity index (χ1v) is 8.81. The molecule has 0 saturated heterocycles. The minimum Gasteiger partial charge on any atom is -0.367 e. The van der Waals surface area contributed by atoms with Crippen LogP contribution in [-0.2, 0) is 16.3 Å². The molecule has 0 aliphatic rings. The summed E-state index contributed by atoms with van der Waals surface area (Å²) >= 11 is 0. The van der Waals surface area contributed by atoms with Gasteiger partial charge in [-0.05, 0) is 37.5 Å². The molecule has 1 unspecified atom stereocenters. The molecule has 0 spiro atoms. The van der Waals surface area contributed by atoms with Crippen molar-refractivity contribution >= 4 is 15.7 Å². The number of aryl methyl sites for hydroxylation is 1. The lowest BCUT2D eigenvalue weighted by atomic mass is 10.1. The highest BCUT2D eigenvalue weighted by molar-refractivity contribution is 7.90. The van der Waals surface area contributed by atoms with E-state index in [0.717, 1.165) is 12.8 Å². The fraction of sp³-hybridized carbons (Fsp3) is 0.312. The summed E-state index contributed by atoms with van der Waals surface area (Å²) in [5.74, 6) is 0.431. The van der Waals surface area contributed by atoms with Crippen LogP contribution in [0.5, 0.6) is 0 Å². The first kappa shape index (κ1) is 15.5. The summed E-state index contributed by atoms with van der Waals surface area (Å²) in [4.78, 5) is 4.40. The molecule has 0 amide bonds. The summed E-state index contributed by atoms with van der Waals surface area (Å²) in [6.45, 7) is 2.03. The molecule has 4 nitrogen and oxygen atoms in total. The van der Waals surface area contributed by atoms with Gasteiger partial charge >= 0.3 is 0 Å². The Labute approximate surface area is 126 Å². The SMILES string of the molecule is CC(CCc1ccccc1)Nc1ncccc1S(C)(=O)=O. The van der Waals surface area contributed by atoms with Crippen LogP contribution in [0, 0.1) is 0 Å². The van der Waals surface area contributed by atoms with E-state index in [4.69, 9.17) is 0 Å². The second-order valence-corrected chi connectivity index (χ2v) is 7.18. The molecule has 1 aromatic heterocycles. The first-order chi connectivity index (χ1) is 9.97. The van der Waals surface area contributed by atoms with Crippen molar-refractivity contribution in [2.45, 2.75) is 30.7 Å². The fourth-order valence-corrected chi connectivity index (χ4v) is 2.92. The topological polar surface area (TPSA) is 59.1 Å². The minimum absolute atomic E-state index is 0.139. The second-order valence-electron chi connectivity index (χ2n) is 5.19. The van der Waals surface area contributed by atoms with Crippen LogP contribution >= 0.6 is 0 Å². The molecule has 0 aliphatic carbocycles. The van der Waals surface area contributed by atoms with Crippen LogP contribution in [0.15, 0.2) is 53.6 Å². The van der Waals surface area contributed by atoms with Gasteiger partial charge in [-0.1, -0.05) is 30.3 Å². The number of benzene rings is 1. The average Bonchev–Trinajstić information content (AvgIpc) is 2.46. The van der Waals surface area contributed by atoms with Gasteiger partial charge in [0.15, 0.2) is 9.84 Å². The number of nitrogens with zero attached hydrogens (tertiary/aromatic N) is 1. The molecule has 0 radical (unpaired) electrons. The predicted octanol–water partition coefficient (Wildman–Crippen LogP) is 2.92. The number of hydrogen-bond acceptors (Lipinski definition) is 4. The van der Waals surface area contributed by atoms with E-state index in [1.54, 1.807) is 18.3 Å². The van der Waals surface area contributed by atoms with Gasteiger partial charge in [-0.15, -0.1) is 0 Å². The van der Waals surface area contributed by atoms with Gasteiger partial charge in [0.25, 0.3) is 0 Å². The highest BCUT2D eigenvalue weighted by atomic mass is 32.2. The lowest BCUT2D eigenvalue weighted by Crippen LogP contribution is -2.19. The van der Waals surface area contributed by atoms with E-state index in [0.29, 0.717) is 5.82 Å². The number of nitrogens with one attached hydrogen (secondary N) is 1. The largest absolute Gasteiger partial charge is 0.367 e. The molecule has 2 rings (SSSR count). The molecule has 0 fully saturated rings. The maximum Gasteiger partial charge on any atom is 0.179 e. The fourth-order valence-electron chi connectivity index (χ4n) is 2.13. The maximum atomic E-state index is 11.7. The van der Waals surface area contributed by atoms with Crippen LogP contribution in [0.1, 0.15) is 18.9 Å². The molecule has 5 heteroatoms. The van der Waals surface area contributed by atoms with Gasteiger partial charge in [0.1, 0.15) is 10.7 Å². The van der Waals surface area contributed by atoms with Crippen LogP contribution in [-0.4, -0.2) is 25.7 Å². The molecular formula is C16H20N2O2S. The van der Waals surface area contributed by atoms with Gasteiger partial charge in [0, 0.05) is 18.5 Å². The molecule has 1 aromatic carbocycles. The number of sulfone groups is 1. The lowest BCUT2D eigenvalue weighted by Gasteiger charge is -2.16. The lowest BCUT2D eigenvalue weighted by molar-refractivity contribution is 0.601. The third-order valence-electron chi connectivity index (χ3n) is 3.26. The number of rotatable bonds is 6. The van der Waals surface area contributed by atoms with E-state index in [1.165, 1.54) is 11.8 Å². The Morgan fingerprint density at radius 3 is 2.52 bits per heavy atom. The third kappa shape index (κ3) is 4.56. The molecule has 21 heavy (non-hydrogen) atoms. The van der Waals surface area contributed by atoms with Crippen molar-refractivity contribution in [2.75, 3.05) is 11.6 Å². The zero-order chi connectivity index (χ0) is 15.3. The Hall–Kier alpha value is -1.88. The molecular weight excluding hydrogens is 284 g/mol. The number of aromatic nitrogens is 1. The van der Waals surface area contributed by atoms with Crippen molar-refractivity contribution in [3.05, 3.63) is 54.2 Å². The monoisotopic (exact) mass is 304 g/mol. The molecule has 2 aromatic rings. The molecule has 0 aliphatic heterocycles. The number of pyridine rings is 1. The predicted molar refractivity (Wildman–Crippen MR) is 85.2 cm³/mol. The number of hydrogen-bond donors (Lipinski definition) is 1. The van der Waals surface area contributed by atoms with E-state index < -0.39 is 9.84 Å². The van der Waals surface area contributed by atoms with Gasteiger partial charge in [-0.3, -0.25) is 0 Å². The second kappa shape index (κ2) is 6.72. The summed E-state index contributed by atoms with van der Waals surface area (Å²) in [6.07, 6.45) is 4.64. The smallest absolute Gasteiger partial charge is 0.179 e. The van der Waals surface area contributed by atoms with Gasteiger partial charge in [-0.2, -0.15) is 0 Å². The average molecular weight is 304 g/mol. The first-order valence-electron chi connectivity index (χ1n) is 6.92. The number of anilines is 1. The van der Waals surface area contributed by atoms with Gasteiger partial charge in [-0.25, -0.2) is 13.4 Å². The Morgan fingerprint density at radius 2 is 1.86 bits per heavy atom. The van der Waals surface area contributed by atoms with Crippen molar-refractivity contribution in [3.63, 3.8) is 0 Å². The zero-order valence-corrected chi connectivity index (χ0v) is 13.1. The molecule has 112 valence electrons. The van der Waals surface area contributed by atoms with Gasteiger partial charge < -0.3 is 5.32 Å². The molecule has 1 atom stereocenters. The maximum absolute atomic E-state index is 11.7. The third-order valence-corrected chi connectivity index (χ3v) is 4.39. The van der Waals surface area contributed by atoms with Crippen LogP contribution in [0.3, 0.4) is 0 Å². The normalized spacial score (nSPS) is 12.9. The van der Waals surface area contributed by atoms with Crippen LogP contribution in [0.2, 0.25) is 0 Å². The highest BCUT2D eigenvalue weighted by Gasteiger charge is 2.15. The summed E-state index contributed by atoms with van der Waals surface area (Å²) < 4.78 is 23.5. The van der Waals surface area contributed by atoms with E-state index in [9.17, 15) is 8.42 Å². The van der Waals surface area contributed by atoms with E-state index >= 15 is 0 Å². The summed E-state index contributed by atoms with van der Waals surface area (Å²) in [6, 6.07) is 13.6. The van der Waals surface area contributed by atoms with E-state index in [1.807, 2.05) is 25.1 Å². The van der Waals surface area contributed by atoms with Crippen LogP contribution in [0.25, 0.3) is 0 Å². The van der Waals surface area contributed by atoms with E-state index in [-0.39, 0.29) is 10.9 Å². The van der Waals surface area contributed by atoms with Crippen LogP contribution in [0.4, 0.5) is 5.82 Å². The summed E-state index contributed by atoms with van der Waals surface area (Å²) in [5.41, 5.74) is 1.27. The van der Waals surface area contributed by atoms with Crippen molar-refractivity contribution < 1.29 is 8.42 Å². The zero-order valence-electron chi connectivity index (χ0n) is 12.3. The standard InChI is InChI=1S/C16H20N2O2S/c1-13(10-11-14-7-4-3-5-8-14)18-16-15(21(2,19)20)9-6-12-17-16/h3-9,12-13H,10-11H2,1-2H3,(H,17,18). The highest BCUT2D eigenvalue weighted by Crippen LogP contribution is 2.19. The van der Waals surface area contributed by atoms with Crippen molar-refractivity contribution in [1.82, 2.24) is 4.98 Å². The summed E-state index contributed by atoms with van der Waals surface area (Å²) in [7, 11) is -3.27. The molecule has 0 bridgehead atoms. The quantitative estimate of drug-likeness (QED) is 0.891. The van der Waals surface area contributed by atoms with E-state index in [2.05, 4.69) is 22.4 Å². The Bertz CT molecular complexity index is 684.